The Morgan fingerprint density at radius 3 is 1.30 bits per heavy atom. The number of thiocyanates is 1. The van der Waals surface area contributed by atoms with Crippen LogP contribution in [0.2, 0.25) is 0 Å². The SMILES string of the molecule is CSC#N.c1ccccc1. The van der Waals surface area contributed by atoms with E-state index in [0.717, 1.165) is 11.8 Å². The molecule has 0 aliphatic rings. The molecule has 1 rings (SSSR count). The lowest BCUT2D eigenvalue weighted by atomic mass is 10.4. The van der Waals surface area contributed by atoms with Gasteiger partial charge in [0.05, 0.1) is 0 Å². The van der Waals surface area contributed by atoms with E-state index in [1.807, 2.05) is 41.8 Å². The molecule has 0 bridgehead atoms. The molecule has 0 radical (unpaired) electrons. The molecule has 0 saturated heterocycles. The largest absolute Gasteiger partial charge is 0.185 e. The van der Waals surface area contributed by atoms with Gasteiger partial charge >= 0.3 is 0 Å². The number of nitrogens with zero attached hydrogens (tertiary/aromatic N) is 1. The number of thioether (sulfide) groups is 1. The molecule has 0 N–H and O–H groups in total. The van der Waals surface area contributed by atoms with Gasteiger partial charge in [-0.1, -0.05) is 36.4 Å². The van der Waals surface area contributed by atoms with Gasteiger partial charge in [-0.3, -0.25) is 0 Å². The van der Waals surface area contributed by atoms with Gasteiger partial charge in [0.25, 0.3) is 0 Å². The van der Waals surface area contributed by atoms with Gasteiger partial charge in [-0.2, -0.15) is 5.26 Å². The highest BCUT2D eigenvalue weighted by molar-refractivity contribution is 8.03. The van der Waals surface area contributed by atoms with Crippen molar-refractivity contribution in [1.29, 1.82) is 5.26 Å². The van der Waals surface area contributed by atoms with Crippen LogP contribution in [0.3, 0.4) is 0 Å². The van der Waals surface area contributed by atoms with Crippen LogP contribution in [0.25, 0.3) is 0 Å². The van der Waals surface area contributed by atoms with Gasteiger partial charge in [-0.15, -0.1) is 0 Å². The summed E-state index contributed by atoms with van der Waals surface area (Å²) in [5.41, 5.74) is 0. The summed E-state index contributed by atoms with van der Waals surface area (Å²) in [5.74, 6) is 0. The highest BCUT2D eigenvalue weighted by Crippen LogP contribution is 1.80. The molecule has 1 aromatic rings. The molecule has 0 spiro atoms. The quantitative estimate of drug-likeness (QED) is 0.532. The zero-order valence-electron chi connectivity index (χ0n) is 5.82. The third-order valence-corrected chi connectivity index (χ3v) is 0.941. The molecule has 0 heterocycles. The standard InChI is InChI=1S/C6H6.C2H3NS/c1-2-4-6-5-3-1;1-4-2-3/h1-6H;1H3. The van der Waals surface area contributed by atoms with Crippen LogP contribution in [0.15, 0.2) is 36.4 Å². The van der Waals surface area contributed by atoms with E-state index < -0.39 is 0 Å². The molecule has 10 heavy (non-hydrogen) atoms. The molecular weight excluding hydrogens is 142 g/mol. The smallest absolute Gasteiger partial charge is 0.133 e. The van der Waals surface area contributed by atoms with Crippen molar-refractivity contribution in [1.82, 2.24) is 0 Å². The fraction of sp³-hybridized carbons (Fsp3) is 0.125. The maximum absolute atomic E-state index is 7.59. The molecule has 0 unspecified atom stereocenters. The van der Waals surface area contributed by atoms with Crippen LogP contribution >= 0.6 is 11.8 Å². The van der Waals surface area contributed by atoms with Gasteiger partial charge in [0.2, 0.25) is 0 Å². The molecular formula is C8H9NS. The zero-order valence-corrected chi connectivity index (χ0v) is 6.64. The summed E-state index contributed by atoms with van der Waals surface area (Å²) in [4.78, 5) is 0. The minimum absolute atomic E-state index is 1.16. The van der Waals surface area contributed by atoms with Crippen LogP contribution in [-0.4, -0.2) is 6.26 Å². The molecule has 0 amide bonds. The Balaban J connectivity index is 0.000000180. The van der Waals surface area contributed by atoms with Crippen LogP contribution in [0, 0.1) is 10.7 Å². The lowest BCUT2D eigenvalue weighted by molar-refractivity contribution is 1.57. The van der Waals surface area contributed by atoms with Crippen LogP contribution in [0.1, 0.15) is 0 Å². The summed E-state index contributed by atoms with van der Waals surface area (Å²) in [5, 5.41) is 9.44. The normalized spacial score (nSPS) is 6.80. The number of hydrogen-bond donors (Lipinski definition) is 0. The predicted molar refractivity (Wildman–Crippen MR) is 45.6 cm³/mol. The second-order valence-corrected chi connectivity index (χ2v) is 2.04. The third kappa shape index (κ3) is 7.06. The average Bonchev–Trinajstić information content (AvgIpc) is 2.08. The molecule has 0 saturated carbocycles. The topological polar surface area (TPSA) is 23.8 Å². The fourth-order valence-corrected chi connectivity index (χ4v) is 0.385. The predicted octanol–water partition coefficient (Wildman–Crippen LogP) is 2.52. The summed E-state index contributed by atoms with van der Waals surface area (Å²) in [6, 6.07) is 12.0. The van der Waals surface area contributed by atoms with Crippen molar-refractivity contribution >= 4 is 11.8 Å². The molecule has 1 nitrogen and oxygen atoms in total. The summed E-state index contributed by atoms with van der Waals surface area (Å²) in [6.07, 6.45) is 1.74. The molecule has 52 valence electrons. The van der Waals surface area contributed by atoms with Crippen molar-refractivity contribution in [3.8, 4) is 5.40 Å². The van der Waals surface area contributed by atoms with E-state index >= 15 is 0 Å². The van der Waals surface area contributed by atoms with E-state index in [4.69, 9.17) is 5.26 Å². The minimum atomic E-state index is 1.16. The molecule has 0 atom stereocenters. The Kier molecular flexibility index (Phi) is 7.30. The monoisotopic (exact) mass is 151 g/mol. The molecule has 2 heteroatoms. The second-order valence-electron chi connectivity index (χ2n) is 1.45. The Hall–Kier alpha value is -0.940. The highest BCUT2D eigenvalue weighted by atomic mass is 32.2. The van der Waals surface area contributed by atoms with E-state index in [9.17, 15) is 0 Å². The summed E-state index contributed by atoms with van der Waals surface area (Å²) in [6.45, 7) is 0. The summed E-state index contributed by atoms with van der Waals surface area (Å²) < 4.78 is 0. The van der Waals surface area contributed by atoms with Gasteiger partial charge < -0.3 is 0 Å². The van der Waals surface area contributed by atoms with Crippen molar-refractivity contribution in [2.45, 2.75) is 0 Å². The van der Waals surface area contributed by atoms with Gasteiger partial charge in [0, 0.05) is 0 Å². The van der Waals surface area contributed by atoms with Crippen LogP contribution < -0.4 is 0 Å². The van der Waals surface area contributed by atoms with Crippen molar-refractivity contribution in [3.05, 3.63) is 36.4 Å². The summed E-state index contributed by atoms with van der Waals surface area (Å²) in [7, 11) is 0. The first-order valence-corrected chi connectivity index (χ1v) is 4.06. The van der Waals surface area contributed by atoms with Crippen molar-refractivity contribution in [3.63, 3.8) is 0 Å². The second kappa shape index (κ2) is 8.06. The maximum Gasteiger partial charge on any atom is 0.133 e. The Labute approximate surface area is 65.7 Å². The first-order chi connectivity index (χ1) is 4.91. The van der Waals surface area contributed by atoms with E-state index in [-0.39, 0.29) is 0 Å². The first kappa shape index (κ1) is 9.06. The van der Waals surface area contributed by atoms with Crippen LogP contribution in [0.4, 0.5) is 0 Å². The highest BCUT2D eigenvalue weighted by Gasteiger charge is 1.57. The molecule has 0 aromatic heterocycles. The first-order valence-electron chi connectivity index (χ1n) is 2.84. The van der Waals surface area contributed by atoms with E-state index in [1.165, 1.54) is 0 Å². The maximum atomic E-state index is 7.59. The van der Waals surface area contributed by atoms with E-state index in [2.05, 4.69) is 0 Å². The minimum Gasteiger partial charge on any atom is -0.185 e. The third-order valence-electron chi connectivity index (χ3n) is 0.758. The molecule has 1 aromatic carbocycles. The van der Waals surface area contributed by atoms with Crippen molar-refractivity contribution in [2.75, 3.05) is 6.26 Å². The number of nitriles is 1. The Morgan fingerprint density at radius 2 is 1.20 bits per heavy atom. The number of hydrogen-bond acceptors (Lipinski definition) is 2. The van der Waals surface area contributed by atoms with Gasteiger partial charge in [-0.25, -0.2) is 0 Å². The lowest BCUT2D eigenvalue weighted by Gasteiger charge is -1.69. The summed E-state index contributed by atoms with van der Waals surface area (Å²) >= 11 is 1.16. The van der Waals surface area contributed by atoms with Crippen molar-refractivity contribution < 1.29 is 0 Å². The zero-order chi connectivity index (χ0) is 7.66. The molecule has 0 aliphatic carbocycles. The average molecular weight is 151 g/mol. The Morgan fingerprint density at radius 1 is 1.00 bits per heavy atom. The molecule has 0 aliphatic heterocycles. The number of benzene rings is 1. The van der Waals surface area contributed by atoms with Gasteiger partial charge in [-0.05, 0) is 18.0 Å². The fourth-order valence-electron chi connectivity index (χ4n) is 0.385. The van der Waals surface area contributed by atoms with Crippen LogP contribution in [-0.2, 0) is 0 Å². The van der Waals surface area contributed by atoms with E-state index in [1.54, 1.807) is 6.26 Å². The Bertz CT molecular complexity index is 151. The van der Waals surface area contributed by atoms with Crippen molar-refractivity contribution in [2.24, 2.45) is 0 Å². The van der Waals surface area contributed by atoms with Crippen LogP contribution in [0.5, 0.6) is 0 Å². The van der Waals surface area contributed by atoms with Gasteiger partial charge in [0.15, 0.2) is 0 Å². The molecule has 0 fully saturated rings. The lowest BCUT2D eigenvalue weighted by Crippen LogP contribution is -1.47. The van der Waals surface area contributed by atoms with E-state index in [0.29, 0.717) is 0 Å². The number of rotatable bonds is 0. The van der Waals surface area contributed by atoms with Gasteiger partial charge in [0.1, 0.15) is 5.40 Å².